The molecule has 0 aliphatic heterocycles. The third-order valence-electron chi connectivity index (χ3n) is 2.94. The highest BCUT2D eigenvalue weighted by atomic mass is 31.2. The Labute approximate surface area is 154 Å². The summed E-state index contributed by atoms with van der Waals surface area (Å²) in [7, 11) is -4.64. The van der Waals surface area contributed by atoms with Gasteiger partial charge in [-0.2, -0.15) is 0 Å². The predicted molar refractivity (Wildman–Crippen MR) is 92.3 cm³/mol. The molecule has 10 nitrogen and oxygen atoms in total. The molecular formula is C15H33O10P. The van der Waals surface area contributed by atoms with E-state index in [0.29, 0.717) is 6.61 Å². The van der Waals surface area contributed by atoms with Crippen molar-refractivity contribution in [2.75, 3.05) is 6.61 Å². The van der Waals surface area contributed by atoms with Crippen LogP contribution in [0.3, 0.4) is 0 Å². The van der Waals surface area contributed by atoms with Crippen LogP contribution in [0.4, 0.5) is 0 Å². The van der Waals surface area contributed by atoms with Crippen LogP contribution in [0.1, 0.15) is 78.1 Å². The second-order valence-corrected chi connectivity index (χ2v) is 6.38. The summed E-state index contributed by atoms with van der Waals surface area (Å²) in [6.07, 6.45) is 15.6. The summed E-state index contributed by atoms with van der Waals surface area (Å²) in [6.45, 7) is 4.46. The standard InChI is InChI=1S/C15H30O6.H3O4P/c1-3-5-6-7-8-9-10-11-12-13-15-17-19-21-20-18-16-14-4-2;1-5(2,3)4/h4,14H,3,5-13,15H2,1-2H3;(H3,1,2,3,4). The first-order chi connectivity index (χ1) is 12.4. The van der Waals surface area contributed by atoms with Crippen molar-refractivity contribution in [1.29, 1.82) is 0 Å². The van der Waals surface area contributed by atoms with Crippen molar-refractivity contribution in [3.8, 4) is 0 Å². The second kappa shape index (κ2) is 22.5. The van der Waals surface area contributed by atoms with Crippen LogP contribution in [0.2, 0.25) is 0 Å². The molecule has 0 aliphatic carbocycles. The molecule has 0 aliphatic rings. The lowest BCUT2D eigenvalue weighted by atomic mass is 10.1. The summed E-state index contributed by atoms with van der Waals surface area (Å²) in [6, 6.07) is 0. The van der Waals surface area contributed by atoms with Gasteiger partial charge in [-0.25, -0.2) is 9.45 Å². The Morgan fingerprint density at radius 2 is 1.23 bits per heavy atom. The third kappa shape index (κ3) is 38.8. The molecule has 0 atom stereocenters. The number of phosphoric acid groups is 1. The van der Waals surface area contributed by atoms with Gasteiger partial charge in [-0.15, -0.1) is 0 Å². The van der Waals surface area contributed by atoms with E-state index >= 15 is 0 Å². The predicted octanol–water partition coefficient (Wildman–Crippen LogP) is 4.19. The van der Waals surface area contributed by atoms with Gasteiger partial charge in [0.15, 0.2) is 0 Å². The van der Waals surface area contributed by atoms with Crippen molar-refractivity contribution in [3.05, 3.63) is 12.3 Å². The molecule has 158 valence electrons. The van der Waals surface area contributed by atoms with E-state index in [1.807, 2.05) is 0 Å². The SMILES string of the molecule is CC=COOOOOOCCCCCCCCCCCC.O=P(O)(O)O. The van der Waals surface area contributed by atoms with Crippen LogP contribution in [0, 0.1) is 0 Å². The summed E-state index contributed by atoms with van der Waals surface area (Å²) in [4.78, 5) is 30.6. The molecule has 26 heavy (non-hydrogen) atoms. The van der Waals surface area contributed by atoms with Gasteiger partial charge >= 0.3 is 7.82 Å². The maximum atomic E-state index is 8.88. The number of unbranched alkanes of at least 4 members (excludes halogenated alkanes) is 9. The quantitative estimate of drug-likeness (QED) is 0.106. The molecule has 0 bridgehead atoms. The zero-order valence-corrected chi connectivity index (χ0v) is 16.5. The molecule has 0 spiro atoms. The van der Waals surface area contributed by atoms with E-state index < -0.39 is 7.82 Å². The Kier molecular flexibility index (Phi) is 23.9. The Hall–Kier alpha value is -0.550. The molecule has 0 rings (SSSR count). The molecule has 0 radical (unpaired) electrons. The van der Waals surface area contributed by atoms with E-state index in [1.165, 1.54) is 57.6 Å². The molecule has 0 aromatic carbocycles. The lowest BCUT2D eigenvalue weighted by Crippen LogP contribution is -2.00. The monoisotopic (exact) mass is 404 g/mol. The van der Waals surface area contributed by atoms with E-state index in [0.717, 1.165) is 12.8 Å². The lowest BCUT2D eigenvalue weighted by molar-refractivity contribution is -0.751. The van der Waals surface area contributed by atoms with Gasteiger partial charge in [-0.05, 0) is 29.5 Å². The van der Waals surface area contributed by atoms with Crippen LogP contribution in [-0.2, 0) is 34.5 Å². The van der Waals surface area contributed by atoms with E-state index in [-0.39, 0.29) is 0 Å². The maximum Gasteiger partial charge on any atom is 0.466 e. The Morgan fingerprint density at radius 3 is 1.73 bits per heavy atom. The fourth-order valence-corrected chi connectivity index (χ4v) is 1.82. The first-order valence-electron chi connectivity index (χ1n) is 8.76. The summed E-state index contributed by atoms with van der Waals surface area (Å²) in [5, 5.41) is 16.4. The first-order valence-corrected chi connectivity index (χ1v) is 10.3. The molecule has 0 aromatic rings. The highest BCUT2D eigenvalue weighted by molar-refractivity contribution is 7.45. The normalized spacial score (nSPS) is 11.4. The Morgan fingerprint density at radius 1 is 0.769 bits per heavy atom. The van der Waals surface area contributed by atoms with Gasteiger partial charge in [0.1, 0.15) is 6.26 Å². The van der Waals surface area contributed by atoms with Gasteiger partial charge in [0.05, 0.1) is 6.61 Å². The smallest absolute Gasteiger partial charge is 0.314 e. The van der Waals surface area contributed by atoms with E-state index in [2.05, 4.69) is 32.0 Å². The largest absolute Gasteiger partial charge is 0.466 e. The van der Waals surface area contributed by atoms with Crippen molar-refractivity contribution in [2.45, 2.75) is 78.1 Å². The molecule has 0 fully saturated rings. The van der Waals surface area contributed by atoms with Crippen molar-refractivity contribution in [1.82, 2.24) is 0 Å². The minimum atomic E-state index is -4.64. The van der Waals surface area contributed by atoms with Crippen LogP contribution < -0.4 is 0 Å². The Bertz CT molecular complexity index is 326. The van der Waals surface area contributed by atoms with Crippen LogP contribution in [0.5, 0.6) is 0 Å². The van der Waals surface area contributed by atoms with Crippen LogP contribution in [-0.4, -0.2) is 21.3 Å². The van der Waals surface area contributed by atoms with Gasteiger partial charge in [-0.1, -0.05) is 64.7 Å². The summed E-state index contributed by atoms with van der Waals surface area (Å²) in [5.41, 5.74) is 0. The van der Waals surface area contributed by atoms with Gasteiger partial charge in [0, 0.05) is 10.1 Å². The Balaban J connectivity index is 0. The molecule has 0 saturated carbocycles. The number of allylic oxidation sites excluding steroid dienone is 1. The average Bonchev–Trinajstić information content (AvgIpc) is 2.56. The number of hydrogen-bond donors (Lipinski definition) is 3. The van der Waals surface area contributed by atoms with E-state index in [1.54, 1.807) is 13.0 Å². The lowest BCUT2D eigenvalue weighted by Gasteiger charge is -2.02. The highest BCUT2D eigenvalue weighted by Gasteiger charge is 2.00. The molecule has 0 amide bonds. The molecule has 0 unspecified atom stereocenters. The highest BCUT2D eigenvalue weighted by Crippen LogP contribution is 2.25. The van der Waals surface area contributed by atoms with Gasteiger partial charge in [-0.3, -0.25) is 0 Å². The van der Waals surface area contributed by atoms with E-state index in [9.17, 15) is 0 Å². The van der Waals surface area contributed by atoms with Gasteiger partial charge in [0.25, 0.3) is 0 Å². The molecule has 0 saturated heterocycles. The maximum absolute atomic E-state index is 8.88. The summed E-state index contributed by atoms with van der Waals surface area (Å²) >= 11 is 0. The molecule has 0 aromatic heterocycles. The minimum Gasteiger partial charge on any atom is -0.314 e. The molecule has 0 heterocycles. The fraction of sp³-hybridized carbons (Fsp3) is 0.867. The molecular weight excluding hydrogens is 371 g/mol. The average molecular weight is 404 g/mol. The molecule has 11 heteroatoms. The van der Waals surface area contributed by atoms with Gasteiger partial charge in [0.2, 0.25) is 0 Å². The number of rotatable bonds is 17. The van der Waals surface area contributed by atoms with Crippen molar-refractivity contribution in [2.24, 2.45) is 0 Å². The van der Waals surface area contributed by atoms with Crippen molar-refractivity contribution in [3.63, 3.8) is 0 Å². The second-order valence-electron chi connectivity index (χ2n) is 5.36. The van der Waals surface area contributed by atoms with Crippen molar-refractivity contribution >= 4 is 7.82 Å². The summed E-state index contributed by atoms with van der Waals surface area (Å²) < 4.78 is 8.88. The van der Waals surface area contributed by atoms with Crippen LogP contribution in [0.25, 0.3) is 0 Å². The fourth-order valence-electron chi connectivity index (χ4n) is 1.82. The van der Waals surface area contributed by atoms with Gasteiger partial charge < -0.3 is 19.6 Å². The van der Waals surface area contributed by atoms with Crippen LogP contribution in [0.15, 0.2) is 12.3 Å². The van der Waals surface area contributed by atoms with E-state index in [4.69, 9.17) is 24.1 Å². The number of hydrogen-bond acceptors (Lipinski definition) is 7. The zero-order chi connectivity index (χ0) is 19.9. The molecule has 3 N–H and O–H groups in total. The zero-order valence-electron chi connectivity index (χ0n) is 15.6. The first kappa shape index (κ1) is 27.7. The topological polar surface area (TPSA) is 133 Å². The third-order valence-corrected chi connectivity index (χ3v) is 2.94. The van der Waals surface area contributed by atoms with Crippen molar-refractivity contribution < 1.29 is 49.2 Å². The summed E-state index contributed by atoms with van der Waals surface area (Å²) in [5.74, 6) is 0. The minimum absolute atomic E-state index is 0.454. The van der Waals surface area contributed by atoms with Crippen LogP contribution >= 0.6 is 7.82 Å².